The Morgan fingerprint density at radius 1 is 1.60 bits per heavy atom. The second kappa shape index (κ2) is 3.99. The van der Waals surface area contributed by atoms with Crippen molar-refractivity contribution < 1.29 is 0 Å². The van der Waals surface area contributed by atoms with Gasteiger partial charge in [-0.3, -0.25) is 4.90 Å². The summed E-state index contributed by atoms with van der Waals surface area (Å²) in [4.78, 5) is 5.80. The molecule has 2 rings (SSSR count). The summed E-state index contributed by atoms with van der Waals surface area (Å²) in [6.07, 6.45) is 4.52. The first-order valence-electron chi connectivity index (χ1n) is 5.72. The van der Waals surface area contributed by atoms with Crippen LogP contribution in [-0.4, -0.2) is 28.5 Å². The van der Waals surface area contributed by atoms with Gasteiger partial charge in [-0.05, 0) is 45.4 Å². The second-order valence-electron chi connectivity index (χ2n) is 5.24. The summed E-state index contributed by atoms with van der Waals surface area (Å²) in [6.45, 7) is 6.33. The van der Waals surface area contributed by atoms with Gasteiger partial charge in [-0.1, -0.05) is 0 Å². The van der Waals surface area contributed by atoms with Crippen molar-refractivity contribution in [1.29, 1.82) is 0 Å². The Morgan fingerprint density at radius 3 is 3.00 bits per heavy atom. The largest absolute Gasteiger partial charge is 0.364 e. The van der Waals surface area contributed by atoms with Crippen molar-refractivity contribution in [2.24, 2.45) is 5.73 Å². The minimum atomic E-state index is -0.102. The van der Waals surface area contributed by atoms with Gasteiger partial charge in [-0.2, -0.15) is 0 Å². The van der Waals surface area contributed by atoms with Crippen molar-refractivity contribution in [1.82, 2.24) is 9.88 Å². The fourth-order valence-corrected chi connectivity index (χ4v) is 2.44. The predicted molar refractivity (Wildman–Crippen MR) is 62.6 cm³/mol. The molecule has 1 fully saturated rings. The smallest absolute Gasteiger partial charge is 0.0499 e. The van der Waals surface area contributed by atoms with Gasteiger partial charge in [0, 0.05) is 30.0 Å². The van der Waals surface area contributed by atoms with Crippen LogP contribution in [0.4, 0.5) is 0 Å². The van der Waals surface area contributed by atoms with Crippen LogP contribution in [0.15, 0.2) is 18.3 Å². The number of aromatic amines is 1. The van der Waals surface area contributed by atoms with E-state index in [0.29, 0.717) is 6.04 Å². The monoisotopic (exact) mass is 207 g/mol. The molecule has 15 heavy (non-hydrogen) atoms. The van der Waals surface area contributed by atoms with E-state index in [1.54, 1.807) is 0 Å². The lowest BCUT2D eigenvalue weighted by Gasteiger charge is -2.30. The molecule has 0 aliphatic carbocycles. The zero-order valence-corrected chi connectivity index (χ0v) is 9.66. The first kappa shape index (κ1) is 10.7. The lowest BCUT2D eigenvalue weighted by Crippen LogP contribution is -2.45. The van der Waals surface area contributed by atoms with Crippen molar-refractivity contribution in [3.63, 3.8) is 0 Å². The first-order chi connectivity index (χ1) is 7.06. The number of aromatic nitrogens is 1. The van der Waals surface area contributed by atoms with Gasteiger partial charge >= 0.3 is 0 Å². The number of hydrogen-bond acceptors (Lipinski definition) is 2. The minimum absolute atomic E-state index is 0.102. The molecule has 2 heterocycles. The molecule has 0 saturated carbocycles. The highest BCUT2D eigenvalue weighted by Crippen LogP contribution is 2.31. The normalized spacial score (nSPS) is 23.5. The molecule has 1 aliphatic rings. The Morgan fingerprint density at radius 2 is 2.40 bits per heavy atom. The molecular formula is C12H21N3. The number of likely N-dealkylation sites (tertiary alicyclic amines) is 1. The summed E-state index contributed by atoms with van der Waals surface area (Å²) in [5.41, 5.74) is 7.31. The van der Waals surface area contributed by atoms with E-state index in [9.17, 15) is 0 Å². The van der Waals surface area contributed by atoms with Gasteiger partial charge in [0.2, 0.25) is 0 Å². The van der Waals surface area contributed by atoms with Crippen LogP contribution in [0.5, 0.6) is 0 Å². The molecule has 1 atom stereocenters. The van der Waals surface area contributed by atoms with Crippen LogP contribution in [0.2, 0.25) is 0 Å². The van der Waals surface area contributed by atoms with Crippen LogP contribution in [0.25, 0.3) is 0 Å². The van der Waals surface area contributed by atoms with Crippen LogP contribution in [0, 0.1) is 0 Å². The summed E-state index contributed by atoms with van der Waals surface area (Å²) in [5.74, 6) is 0. The molecule has 0 amide bonds. The maximum atomic E-state index is 6.08. The number of nitrogens with one attached hydrogen (secondary N) is 1. The van der Waals surface area contributed by atoms with Crippen LogP contribution in [-0.2, 0) is 0 Å². The Labute approximate surface area is 91.7 Å². The molecule has 3 N–H and O–H groups in total. The lowest BCUT2D eigenvalue weighted by atomic mass is 10.1. The molecule has 0 radical (unpaired) electrons. The average molecular weight is 207 g/mol. The van der Waals surface area contributed by atoms with Gasteiger partial charge in [0.15, 0.2) is 0 Å². The van der Waals surface area contributed by atoms with E-state index in [1.165, 1.54) is 25.1 Å². The van der Waals surface area contributed by atoms with Gasteiger partial charge < -0.3 is 10.7 Å². The molecule has 0 bridgehead atoms. The Bertz CT molecular complexity index is 297. The van der Waals surface area contributed by atoms with Gasteiger partial charge in [-0.15, -0.1) is 0 Å². The summed E-state index contributed by atoms with van der Waals surface area (Å²) >= 11 is 0. The molecule has 0 aromatic carbocycles. The van der Waals surface area contributed by atoms with E-state index in [2.05, 4.69) is 35.9 Å². The third-order valence-electron chi connectivity index (χ3n) is 2.96. The quantitative estimate of drug-likeness (QED) is 0.795. The number of rotatable bonds is 3. The number of hydrogen-bond donors (Lipinski definition) is 2. The molecule has 3 nitrogen and oxygen atoms in total. The van der Waals surface area contributed by atoms with Gasteiger partial charge in [0.25, 0.3) is 0 Å². The van der Waals surface area contributed by atoms with E-state index >= 15 is 0 Å². The predicted octanol–water partition coefficient (Wildman–Crippen LogP) is 1.89. The van der Waals surface area contributed by atoms with E-state index in [-0.39, 0.29) is 5.54 Å². The number of nitrogens with two attached hydrogens (primary N) is 1. The molecule has 0 spiro atoms. The van der Waals surface area contributed by atoms with E-state index in [0.717, 1.165) is 6.54 Å². The van der Waals surface area contributed by atoms with Gasteiger partial charge in [0.05, 0.1) is 0 Å². The highest BCUT2D eigenvalue weighted by atomic mass is 15.2. The molecule has 84 valence electrons. The van der Waals surface area contributed by atoms with Gasteiger partial charge in [-0.25, -0.2) is 0 Å². The van der Waals surface area contributed by atoms with E-state index in [1.807, 2.05) is 6.20 Å². The highest BCUT2D eigenvalue weighted by molar-refractivity contribution is 5.11. The fraction of sp³-hybridized carbons (Fsp3) is 0.667. The standard InChI is InChI=1S/C12H21N3/c1-12(2,13)9-15-8-4-6-11(15)10-5-3-7-14-10/h3,5,7,11,14H,4,6,8-9,13H2,1-2H3. The molecule has 3 heteroatoms. The fourth-order valence-electron chi connectivity index (χ4n) is 2.44. The summed E-state index contributed by atoms with van der Waals surface area (Å²) in [6, 6.07) is 4.79. The second-order valence-corrected chi connectivity index (χ2v) is 5.24. The first-order valence-corrected chi connectivity index (χ1v) is 5.72. The third kappa shape index (κ3) is 2.61. The number of nitrogens with zero attached hydrogens (tertiary/aromatic N) is 1. The van der Waals surface area contributed by atoms with Crippen LogP contribution in [0.3, 0.4) is 0 Å². The average Bonchev–Trinajstić information content (AvgIpc) is 2.68. The van der Waals surface area contributed by atoms with Crippen LogP contribution in [0.1, 0.15) is 38.4 Å². The number of H-pyrrole nitrogens is 1. The lowest BCUT2D eigenvalue weighted by molar-refractivity contribution is 0.208. The topological polar surface area (TPSA) is 45.0 Å². The van der Waals surface area contributed by atoms with Crippen LogP contribution >= 0.6 is 0 Å². The van der Waals surface area contributed by atoms with E-state index in [4.69, 9.17) is 5.73 Å². The Balaban J connectivity index is 2.06. The molecule has 1 unspecified atom stereocenters. The van der Waals surface area contributed by atoms with Crippen LogP contribution < -0.4 is 5.73 Å². The van der Waals surface area contributed by atoms with E-state index < -0.39 is 0 Å². The van der Waals surface area contributed by atoms with Crippen molar-refractivity contribution in [2.45, 2.75) is 38.3 Å². The zero-order chi connectivity index (χ0) is 10.9. The highest BCUT2D eigenvalue weighted by Gasteiger charge is 2.29. The molecule has 1 saturated heterocycles. The molecule has 1 aromatic rings. The summed E-state index contributed by atoms with van der Waals surface area (Å²) < 4.78 is 0. The van der Waals surface area contributed by atoms with Gasteiger partial charge in [0.1, 0.15) is 0 Å². The van der Waals surface area contributed by atoms with Crippen molar-refractivity contribution in [3.05, 3.63) is 24.0 Å². The summed E-state index contributed by atoms with van der Waals surface area (Å²) in [5, 5.41) is 0. The zero-order valence-electron chi connectivity index (χ0n) is 9.66. The minimum Gasteiger partial charge on any atom is -0.364 e. The SMILES string of the molecule is CC(C)(N)CN1CCCC1c1ccc[nH]1. The maximum Gasteiger partial charge on any atom is 0.0499 e. The summed E-state index contributed by atoms with van der Waals surface area (Å²) in [7, 11) is 0. The van der Waals surface area contributed by atoms with Crippen molar-refractivity contribution in [2.75, 3.05) is 13.1 Å². The molecule has 1 aromatic heterocycles. The third-order valence-corrected chi connectivity index (χ3v) is 2.96. The van der Waals surface area contributed by atoms with Crippen molar-refractivity contribution in [3.8, 4) is 0 Å². The maximum absolute atomic E-state index is 6.08. The van der Waals surface area contributed by atoms with Crippen molar-refractivity contribution >= 4 is 0 Å². The molecule has 1 aliphatic heterocycles. The Kier molecular flexibility index (Phi) is 2.85. The Hall–Kier alpha value is -0.800. The molecular weight excluding hydrogens is 186 g/mol.